The molecule has 0 spiro atoms. The molecule has 0 unspecified atom stereocenters. The smallest absolute Gasteiger partial charge is 0.413 e. The van der Waals surface area contributed by atoms with Crippen LogP contribution in [-0.4, -0.2) is 53.0 Å². The van der Waals surface area contributed by atoms with Crippen molar-refractivity contribution < 1.29 is 24.9 Å². The summed E-state index contributed by atoms with van der Waals surface area (Å²) in [6.07, 6.45) is -0.857. The molecule has 0 heterocycles. The fraction of sp³-hybridized carbons (Fsp3) is 0.800. The number of aliphatic hydroxyl groups excluding tert-OH is 3. The van der Waals surface area contributed by atoms with Gasteiger partial charge in [0, 0.05) is 0 Å². The van der Waals surface area contributed by atoms with E-state index in [1.54, 1.807) is 0 Å². The second-order valence-electron chi connectivity index (χ2n) is 1.66. The SMILES string of the molecule is O=C(OCCO)N(CO)CO. The maximum Gasteiger partial charge on any atom is 0.413 e. The van der Waals surface area contributed by atoms with Crippen LogP contribution in [0.25, 0.3) is 0 Å². The zero-order chi connectivity index (χ0) is 8.69. The fourth-order valence-electron chi connectivity index (χ4n) is 0.384. The van der Waals surface area contributed by atoms with Crippen LogP contribution in [0.3, 0.4) is 0 Å². The normalized spacial score (nSPS) is 9.36. The number of hydrogen-bond donors (Lipinski definition) is 3. The minimum atomic E-state index is -0.857. The number of carbonyl (C=O) groups is 1. The van der Waals surface area contributed by atoms with Crippen molar-refractivity contribution in [2.24, 2.45) is 0 Å². The highest BCUT2D eigenvalue weighted by Gasteiger charge is 2.10. The van der Waals surface area contributed by atoms with Gasteiger partial charge in [0.25, 0.3) is 0 Å². The molecular weight excluding hydrogens is 154 g/mol. The predicted molar refractivity (Wildman–Crippen MR) is 34.4 cm³/mol. The lowest BCUT2D eigenvalue weighted by atomic mass is 10.7. The molecule has 1 amide bonds. The summed E-state index contributed by atoms with van der Waals surface area (Å²) in [6, 6.07) is 0. The molecule has 66 valence electrons. The van der Waals surface area contributed by atoms with Crippen molar-refractivity contribution >= 4 is 6.09 Å². The monoisotopic (exact) mass is 165 g/mol. The van der Waals surface area contributed by atoms with Crippen LogP contribution < -0.4 is 0 Å². The van der Waals surface area contributed by atoms with Gasteiger partial charge in [0.15, 0.2) is 0 Å². The van der Waals surface area contributed by atoms with Gasteiger partial charge in [-0.25, -0.2) is 4.79 Å². The lowest BCUT2D eigenvalue weighted by molar-refractivity contribution is 0.0128. The van der Waals surface area contributed by atoms with Crippen molar-refractivity contribution in [1.29, 1.82) is 0 Å². The number of hydrogen-bond acceptors (Lipinski definition) is 5. The molecule has 0 aromatic carbocycles. The molecule has 0 radical (unpaired) electrons. The maximum absolute atomic E-state index is 10.6. The van der Waals surface area contributed by atoms with Crippen molar-refractivity contribution in [1.82, 2.24) is 4.90 Å². The van der Waals surface area contributed by atoms with E-state index in [2.05, 4.69) is 4.74 Å². The Balaban J connectivity index is 3.61. The summed E-state index contributed by atoms with van der Waals surface area (Å²) in [5.41, 5.74) is 0. The maximum atomic E-state index is 10.6. The van der Waals surface area contributed by atoms with E-state index in [4.69, 9.17) is 15.3 Å². The van der Waals surface area contributed by atoms with E-state index in [0.29, 0.717) is 4.90 Å². The number of amides is 1. The highest BCUT2D eigenvalue weighted by molar-refractivity contribution is 5.67. The van der Waals surface area contributed by atoms with Crippen LogP contribution in [0.1, 0.15) is 0 Å². The third-order valence-electron chi connectivity index (χ3n) is 0.916. The second kappa shape index (κ2) is 5.90. The molecule has 0 atom stereocenters. The van der Waals surface area contributed by atoms with Crippen LogP contribution in [-0.2, 0) is 4.74 Å². The average Bonchev–Trinajstić information content (AvgIpc) is 2.03. The summed E-state index contributed by atoms with van der Waals surface area (Å²) < 4.78 is 4.35. The van der Waals surface area contributed by atoms with Crippen molar-refractivity contribution in [3.8, 4) is 0 Å². The summed E-state index contributed by atoms with van der Waals surface area (Å²) in [4.78, 5) is 11.3. The highest BCUT2D eigenvalue weighted by atomic mass is 16.6. The molecule has 3 N–H and O–H groups in total. The first kappa shape index (κ1) is 10.2. The molecule has 0 aliphatic rings. The molecule has 0 aromatic heterocycles. The highest BCUT2D eigenvalue weighted by Crippen LogP contribution is 1.89. The van der Waals surface area contributed by atoms with Gasteiger partial charge in [0.05, 0.1) is 6.61 Å². The summed E-state index contributed by atoms with van der Waals surface area (Å²) in [5.74, 6) is 0. The van der Waals surface area contributed by atoms with E-state index >= 15 is 0 Å². The molecule has 0 aliphatic heterocycles. The van der Waals surface area contributed by atoms with Crippen molar-refractivity contribution in [2.45, 2.75) is 0 Å². The van der Waals surface area contributed by atoms with E-state index in [-0.39, 0.29) is 13.2 Å². The van der Waals surface area contributed by atoms with Gasteiger partial charge >= 0.3 is 6.09 Å². The van der Waals surface area contributed by atoms with E-state index in [1.807, 2.05) is 0 Å². The third kappa shape index (κ3) is 3.76. The minimum absolute atomic E-state index is 0.144. The van der Waals surface area contributed by atoms with Gasteiger partial charge in [0.1, 0.15) is 20.1 Å². The Hall–Kier alpha value is -0.850. The fourth-order valence-corrected chi connectivity index (χ4v) is 0.384. The first-order chi connectivity index (χ1) is 5.26. The first-order valence-electron chi connectivity index (χ1n) is 3.00. The van der Waals surface area contributed by atoms with Gasteiger partial charge < -0.3 is 20.1 Å². The second-order valence-corrected chi connectivity index (χ2v) is 1.66. The van der Waals surface area contributed by atoms with Gasteiger partial charge in [-0.2, -0.15) is 0 Å². The average molecular weight is 165 g/mol. The zero-order valence-corrected chi connectivity index (χ0v) is 5.93. The Morgan fingerprint density at radius 2 is 1.82 bits per heavy atom. The van der Waals surface area contributed by atoms with Gasteiger partial charge in [-0.3, -0.25) is 4.90 Å². The Morgan fingerprint density at radius 1 is 1.27 bits per heavy atom. The quantitative estimate of drug-likeness (QED) is 0.433. The largest absolute Gasteiger partial charge is 0.447 e. The van der Waals surface area contributed by atoms with Crippen molar-refractivity contribution in [2.75, 3.05) is 26.7 Å². The van der Waals surface area contributed by atoms with Gasteiger partial charge in [-0.05, 0) is 0 Å². The number of carbonyl (C=O) groups excluding carboxylic acids is 1. The lowest BCUT2D eigenvalue weighted by Gasteiger charge is -2.15. The molecule has 0 aromatic rings. The summed E-state index contributed by atoms with van der Waals surface area (Å²) in [6.45, 7) is -1.65. The molecule has 0 aliphatic carbocycles. The molecule has 0 saturated carbocycles. The minimum Gasteiger partial charge on any atom is -0.447 e. The number of rotatable bonds is 4. The summed E-state index contributed by atoms with van der Waals surface area (Å²) in [5, 5.41) is 25.0. The van der Waals surface area contributed by atoms with E-state index < -0.39 is 19.6 Å². The van der Waals surface area contributed by atoms with Crippen LogP contribution >= 0.6 is 0 Å². The van der Waals surface area contributed by atoms with E-state index in [9.17, 15) is 4.79 Å². The van der Waals surface area contributed by atoms with Crippen molar-refractivity contribution in [3.05, 3.63) is 0 Å². The van der Waals surface area contributed by atoms with Gasteiger partial charge in [-0.15, -0.1) is 0 Å². The Bertz CT molecular complexity index is 113. The molecule has 11 heavy (non-hydrogen) atoms. The molecule has 0 fully saturated rings. The zero-order valence-electron chi connectivity index (χ0n) is 5.93. The molecule has 6 nitrogen and oxygen atoms in total. The molecule has 0 saturated heterocycles. The van der Waals surface area contributed by atoms with Crippen molar-refractivity contribution in [3.63, 3.8) is 0 Å². The lowest BCUT2D eigenvalue weighted by Crippen LogP contribution is -2.33. The van der Waals surface area contributed by atoms with E-state index in [1.165, 1.54) is 0 Å². The molecule has 6 heteroatoms. The van der Waals surface area contributed by atoms with Gasteiger partial charge in [-0.1, -0.05) is 0 Å². The number of ether oxygens (including phenoxy) is 1. The standard InChI is InChI=1S/C5H11NO5/c7-1-2-11-5(10)6(3-8)4-9/h7-9H,1-4H2. The van der Waals surface area contributed by atoms with E-state index in [0.717, 1.165) is 0 Å². The topological polar surface area (TPSA) is 90.2 Å². The predicted octanol–water partition coefficient (Wildman–Crippen LogP) is -1.68. The van der Waals surface area contributed by atoms with Gasteiger partial charge in [0.2, 0.25) is 0 Å². The van der Waals surface area contributed by atoms with Crippen LogP contribution in [0.4, 0.5) is 4.79 Å². The van der Waals surface area contributed by atoms with Crippen LogP contribution in [0, 0.1) is 0 Å². The molecule has 0 bridgehead atoms. The first-order valence-corrected chi connectivity index (χ1v) is 3.00. The van der Waals surface area contributed by atoms with Crippen LogP contribution in [0.15, 0.2) is 0 Å². The van der Waals surface area contributed by atoms with Crippen LogP contribution in [0.2, 0.25) is 0 Å². The Labute approximate surface area is 63.6 Å². The van der Waals surface area contributed by atoms with Crippen LogP contribution in [0.5, 0.6) is 0 Å². The summed E-state index contributed by atoms with van der Waals surface area (Å²) in [7, 11) is 0. The Kier molecular flexibility index (Phi) is 5.44. The number of aliphatic hydroxyl groups is 3. The number of nitrogens with zero attached hydrogens (tertiary/aromatic N) is 1. The molecular formula is C5H11NO5. The summed E-state index contributed by atoms with van der Waals surface area (Å²) >= 11 is 0. The Morgan fingerprint density at radius 3 is 2.18 bits per heavy atom. The third-order valence-corrected chi connectivity index (χ3v) is 0.916. The molecule has 0 rings (SSSR count).